The topological polar surface area (TPSA) is 37.3 Å². The van der Waals surface area contributed by atoms with Crippen LogP contribution in [0.3, 0.4) is 0 Å². The minimum atomic E-state index is -0.875. The first-order chi connectivity index (χ1) is 9.04. The standard InChI is InChI=1S/C17H14O2/c1-10-3-4-12-9-15-14(8-13(12)5-10)6-11(2)7-16(15)17(18)19/h3-9H,1-2H3,(H,18,19). The summed E-state index contributed by atoms with van der Waals surface area (Å²) in [5.41, 5.74) is 2.55. The maximum absolute atomic E-state index is 11.4. The van der Waals surface area contributed by atoms with Gasteiger partial charge in [0.1, 0.15) is 0 Å². The van der Waals surface area contributed by atoms with E-state index in [0.29, 0.717) is 5.56 Å². The van der Waals surface area contributed by atoms with E-state index in [1.807, 2.05) is 31.2 Å². The normalized spacial score (nSPS) is 11.1. The van der Waals surface area contributed by atoms with Gasteiger partial charge in [-0.15, -0.1) is 0 Å². The predicted molar refractivity (Wildman–Crippen MR) is 77.9 cm³/mol. The fourth-order valence-electron chi connectivity index (χ4n) is 2.56. The lowest BCUT2D eigenvalue weighted by molar-refractivity contribution is 0.0699. The van der Waals surface area contributed by atoms with E-state index in [1.54, 1.807) is 6.07 Å². The quantitative estimate of drug-likeness (QED) is 0.653. The zero-order valence-electron chi connectivity index (χ0n) is 10.9. The summed E-state index contributed by atoms with van der Waals surface area (Å²) in [6.45, 7) is 3.98. The first-order valence-electron chi connectivity index (χ1n) is 6.23. The van der Waals surface area contributed by atoms with Crippen LogP contribution < -0.4 is 0 Å². The van der Waals surface area contributed by atoms with Crippen molar-refractivity contribution in [3.05, 3.63) is 59.2 Å². The van der Waals surface area contributed by atoms with E-state index in [2.05, 4.69) is 19.1 Å². The minimum absolute atomic E-state index is 0.373. The third-order valence-electron chi connectivity index (χ3n) is 3.44. The van der Waals surface area contributed by atoms with Crippen LogP contribution in [0.15, 0.2) is 42.5 Å². The number of rotatable bonds is 1. The van der Waals surface area contributed by atoms with Gasteiger partial charge in [0.2, 0.25) is 0 Å². The smallest absolute Gasteiger partial charge is 0.336 e. The minimum Gasteiger partial charge on any atom is -0.478 e. The summed E-state index contributed by atoms with van der Waals surface area (Å²) in [5.74, 6) is -0.875. The Morgan fingerprint density at radius 1 is 0.842 bits per heavy atom. The lowest BCUT2D eigenvalue weighted by Gasteiger charge is -2.08. The maximum Gasteiger partial charge on any atom is 0.336 e. The third-order valence-corrected chi connectivity index (χ3v) is 3.44. The van der Waals surface area contributed by atoms with Gasteiger partial charge < -0.3 is 5.11 Å². The van der Waals surface area contributed by atoms with Crippen molar-refractivity contribution in [3.8, 4) is 0 Å². The van der Waals surface area contributed by atoms with Gasteiger partial charge in [0, 0.05) is 0 Å². The Morgan fingerprint density at radius 2 is 1.58 bits per heavy atom. The molecule has 2 nitrogen and oxygen atoms in total. The molecule has 0 aromatic heterocycles. The van der Waals surface area contributed by atoms with Crippen LogP contribution in [0.2, 0.25) is 0 Å². The Kier molecular flexibility index (Phi) is 2.53. The van der Waals surface area contributed by atoms with Gasteiger partial charge in [-0.25, -0.2) is 4.79 Å². The van der Waals surface area contributed by atoms with Gasteiger partial charge in [-0.2, -0.15) is 0 Å². The predicted octanol–water partition coefficient (Wildman–Crippen LogP) is 4.31. The number of aryl methyl sites for hydroxylation is 2. The molecule has 0 radical (unpaired) electrons. The van der Waals surface area contributed by atoms with Crippen LogP contribution in [0, 0.1) is 13.8 Å². The zero-order chi connectivity index (χ0) is 13.6. The van der Waals surface area contributed by atoms with Gasteiger partial charge in [0.15, 0.2) is 0 Å². The van der Waals surface area contributed by atoms with Crippen molar-refractivity contribution in [1.82, 2.24) is 0 Å². The highest BCUT2D eigenvalue weighted by Gasteiger charge is 2.10. The van der Waals surface area contributed by atoms with Gasteiger partial charge in [-0.3, -0.25) is 0 Å². The van der Waals surface area contributed by atoms with Crippen molar-refractivity contribution in [2.75, 3.05) is 0 Å². The number of fused-ring (bicyclic) bond motifs is 2. The molecule has 0 aliphatic heterocycles. The van der Waals surface area contributed by atoms with E-state index in [0.717, 1.165) is 27.1 Å². The van der Waals surface area contributed by atoms with E-state index in [9.17, 15) is 9.90 Å². The van der Waals surface area contributed by atoms with E-state index < -0.39 is 5.97 Å². The summed E-state index contributed by atoms with van der Waals surface area (Å²) in [4.78, 5) is 11.4. The van der Waals surface area contributed by atoms with Crippen molar-refractivity contribution in [2.45, 2.75) is 13.8 Å². The van der Waals surface area contributed by atoms with Crippen LogP contribution in [0.5, 0.6) is 0 Å². The van der Waals surface area contributed by atoms with Gasteiger partial charge >= 0.3 is 5.97 Å². The molecule has 0 aliphatic rings. The summed E-state index contributed by atoms with van der Waals surface area (Å²) in [5, 5.41) is 13.3. The van der Waals surface area contributed by atoms with Gasteiger partial charge in [-0.05, 0) is 59.2 Å². The Balaban J connectivity index is 2.47. The Hall–Kier alpha value is -2.35. The van der Waals surface area contributed by atoms with Crippen LogP contribution in [0.25, 0.3) is 21.5 Å². The molecule has 0 fully saturated rings. The molecule has 0 saturated heterocycles. The molecule has 2 heteroatoms. The molecule has 0 unspecified atom stereocenters. The van der Waals surface area contributed by atoms with E-state index >= 15 is 0 Å². The molecular weight excluding hydrogens is 236 g/mol. The second-order valence-corrected chi connectivity index (χ2v) is 5.04. The van der Waals surface area contributed by atoms with Crippen molar-refractivity contribution < 1.29 is 9.90 Å². The Labute approximate surface area is 111 Å². The van der Waals surface area contributed by atoms with Crippen molar-refractivity contribution in [3.63, 3.8) is 0 Å². The molecule has 1 N–H and O–H groups in total. The molecule has 0 heterocycles. The molecule has 0 saturated carbocycles. The second-order valence-electron chi connectivity index (χ2n) is 5.04. The van der Waals surface area contributed by atoms with Crippen LogP contribution in [-0.2, 0) is 0 Å². The van der Waals surface area contributed by atoms with Crippen LogP contribution in [-0.4, -0.2) is 11.1 Å². The molecule has 3 rings (SSSR count). The highest BCUT2D eigenvalue weighted by molar-refractivity contribution is 6.08. The van der Waals surface area contributed by atoms with Crippen LogP contribution >= 0.6 is 0 Å². The van der Waals surface area contributed by atoms with Gasteiger partial charge in [-0.1, -0.05) is 29.8 Å². The molecule has 0 bridgehead atoms. The van der Waals surface area contributed by atoms with Crippen molar-refractivity contribution in [2.24, 2.45) is 0 Å². The number of hydrogen-bond donors (Lipinski definition) is 1. The van der Waals surface area contributed by atoms with Crippen molar-refractivity contribution in [1.29, 1.82) is 0 Å². The fraction of sp³-hybridized carbons (Fsp3) is 0.118. The first-order valence-corrected chi connectivity index (χ1v) is 6.23. The molecule has 0 aliphatic carbocycles. The average molecular weight is 250 g/mol. The number of carboxylic acids is 1. The summed E-state index contributed by atoms with van der Waals surface area (Å²) in [6.07, 6.45) is 0. The van der Waals surface area contributed by atoms with E-state index in [4.69, 9.17) is 0 Å². The monoisotopic (exact) mass is 250 g/mol. The molecule has 3 aromatic rings. The highest BCUT2D eigenvalue weighted by atomic mass is 16.4. The Bertz CT molecular complexity index is 816. The Morgan fingerprint density at radius 3 is 2.32 bits per heavy atom. The lowest BCUT2D eigenvalue weighted by atomic mass is 9.97. The first kappa shape index (κ1) is 11.7. The number of benzene rings is 3. The molecule has 0 atom stereocenters. The van der Waals surface area contributed by atoms with Gasteiger partial charge in [0.05, 0.1) is 5.56 Å². The average Bonchev–Trinajstić information content (AvgIpc) is 2.35. The number of hydrogen-bond acceptors (Lipinski definition) is 1. The molecular formula is C17H14O2. The summed E-state index contributed by atoms with van der Waals surface area (Å²) >= 11 is 0. The third kappa shape index (κ3) is 1.95. The molecule has 94 valence electrons. The van der Waals surface area contributed by atoms with Crippen LogP contribution in [0.4, 0.5) is 0 Å². The van der Waals surface area contributed by atoms with Crippen LogP contribution in [0.1, 0.15) is 21.5 Å². The maximum atomic E-state index is 11.4. The number of carbonyl (C=O) groups is 1. The number of carboxylic acid groups (broad SMARTS) is 1. The second kappa shape index (κ2) is 4.09. The van der Waals surface area contributed by atoms with Crippen molar-refractivity contribution >= 4 is 27.5 Å². The summed E-state index contributed by atoms with van der Waals surface area (Å²) in [6, 6.07) is 14.0. The molecule has 19 heavy (non-hydrogen) atoms. The summed E-state index contributed by atoms with van der Waals surface area (Å²) in [7, 11) is 0. The largest absolute Gasteiger partial charge is 0.478 e. The molecule has 0 spiro atoms. The number of aromatic carboxylic acids is 1. The highest BCUT2D eigenvalue weighted by Crippen LogP contribution is 2.27. The molecule has 3 aromatic carbocycles. The SMILES string of the molecule is Cc1ccc2cc3c(C(=O)O)cc(C)cc3cc2c1. The van der Waals surface area contributed by atoms with E-state index in [1.165, 1.54) is 5.56 Å². The zero-order valence-corrected chi connectivity index (χ0v) is 10.9. The lowest BCUT2D eigenvalue weighted by Crippen LogP contribution is -1.98. The van der Waals surface area contributed by atoms with E-state index in [-0.39, 0.29) is 0 Å². The fourth-order valence-corrected chi connectivity index (χ4v) is 2.56. The summed E-state index contributed by atoms with van der Waals surface area (Å²) < 4.78 is 0. The molecule has 0 amide bonds. The van der Waals surface area contributed by atoms with Gasteiger partial charge in [0.25, 0.3) is 0 Å².